The highest BCUT2D eigenvalue weighted by atomic mass is 32.2. The highest BCUT2D eigenvalue weighted by molar-refractivity contribution is 7.98. The number of aromatic nitrogens is 4. The fourth-order valence-electron chi connectivity index (χ4n) is 1.70. The van der Waals surface area contributed by atoms with Gasteiger partial charge >= 0.3 is 7.48 Å². The van der Waals surface area contributed by atoms with Gasteiger partial charge in [0.25, 0.3) is 0 Å². The van der Waals surface area contributed by atoms with Gasteiger partial charge in [-0.05, 0) is 5.56 Å². The van der Waals surface area contributed by atoms with Crippen LogP contribution in [0.2, 0.25) is 0 Å². The summed E-state index contributed by atoms with van der Waals surface area (Å²) in [5.41, 5.74) is 3.52. The van der Waals surface area contributed by atoms with Gasteiger partial charge in [0.2, 0.25) is 0 Å². The molecule has 7 heteroatoms. The molecule has 1 radical (unpaired) electrons. The molecule has 0 saturated carbocycles. The standard InChI is InChI=1S/C12H10BN4OS/c18-13-9-3-1-8(2-4-9)5-19-12-10-11(15-6-14-10)16-7-17-12/h1-4,6-7,18H,5H2,(H,14,15,16,17). The average molecular weight is 269 g/mol. The van der Waals surface area contributed by atoms with E-state index in [0.717, 1.165) is 29.2 Å². The number of thioether (sulfide) groups is 1. The molecule has 0 bridgehead atoms. The molecular weight excluding hydrogens is 259 g/mol. The highest BCUT2D eigenvalue weighted by Gasteiger charge is 2.06. The Morgan fingerprint density at radius 1 is 1.16 bits per heavy atom. The molecular formula is C12H10BN4OS. The third-order valence-corrected chi connectivity index (χ3v) is 3.75. The van der Waals surface area contributed by atoms with Gasteiger partial charge in [0.05, 0.1) is 6.33 Å². The van der Waals surface area contributed by atoms with E-state index >= 15 is 0 Å². The van der Waals surface area contributed by atoms with Crippen LogP contribution >= 0.6 is 11.8 Å². The predicted molar refractivity (Wildman–Crippen MR) is 75.3 cm³/mol. The summed E-state index contributed by atoms with van der Waals surface area (Å²) in [6.45, 7) is 0. The van der Waals surface area contributed by atoms with Crippen LogP contribution < -0.4 is 5.46 Å². The molecule has 0 unspecified atom stereocenters. The summed E-state index contributed by atoms with van der Waals surface area (Å²) < 4.78 is 0. The van der Waals surface area contributed by atoms with Crippen molar-refractivity contribution in [2.24, 2.45) is 0 Å². The minimum absolute atomic E-state index is 0.683. The molecule has 0 aliphatic carbocycles. The molecule has 3 aromatic rings. The van der Waals surface area contributed by atoms with Crippen LogP contribution in [-0.2, 0) is 5.75 Å². The molecule has 5 nitrogen and oxygen atoms in total. The number of nitrogens with zero attached hydrogens (tertiary/aromatic N) is 3. The van der Waals surface area contributed by atoms with E-state index in [-0.39, 0.29) is 0 Å². The predicted octanol–water partition coefficient (Wildman–Crippen LogP) is 0.882. The Kier molecular flexibility index (Phi) is 3.48. The molecule has 1 aromatic carbocycles. The van der Waals surface area contributed by atoms with Crippen LogP contribution in [0.15, 0.2) is 41.9 Å². The molecule has 0 saturated heterocycles. The molecule has 2 heterocycles. The van der Waals surface area contributed by atoms with Crippen molar-refractivity contribution in [1.29, 1.82) is 0 Å². The fraction of sp³-hybridized carbons (Fsp3) is 0.0833. The van der Waals surface area contributed by atoms with Crippen molar-refractivity contribution in [2.75, 3.05) is 0 Å². The Labute approximate surface area is 114 Å². The summed E-state index contributed by atoms with van der Waals surface area (Å²) in [4.78, 5) is 15.5. The van der Waals surface area contributed by atoms with Gasteiger partial charge in [0.15, 0.2) is 5.65 Å². The van der Waals surface area contributed by atoms with E-state index in [1.807, 2.05) is 24.3 Å². The van der Waals surface area contributed by atoms with E-state index in [9.17, 15) is 0 Å². The Hall–Kier alpha value is -1.86. The molecule has 0 fully saturated rings. The summed E-state index contributed by atoms with van der Waals surface area (Å²) in [6.07, 6.45) is 3.14. The lowest BCUT2D eigenvalue weighted by Crippen LogP contribution is -2.12. The van der Waals surface area contributed by atoms with E-state index in [4.69, 9.17) is 5.02 Å². The molecule has 0 aliphatic heterocycles. The van der Waals surface area contributed by atoms with Gasteiger partial charge in [-0.2, -0.15) is 0 Å². The van der Waals surface area contributed by atoms with Gasteiger partial charge in [0.1, 0.15) is 16.9 Å². The van der Waals surface area contributed by atoms with Crippen LogP contribution in [0.3, 0.4) is 0 Å². The van der Waals surface area contributed by atoms with Crippen molar-refractivity contribution in [2.45, 2.75) is 10.8 Å². The SMILES string of the molecule is O[B]c1ccc(CSc2ncnc3nc[nH]c23)cc1. The molecule has 19 heavy (non-hydrogen) atoms. The van der Waals surface area contributed by atoms with E-state index in [1.54, 1.807) is 18.1 Å². The van der Waals surface area contributed by atoms with Crippen molar-refractivity contribution in [3.8, 4) is 0 Å². The minimum Gasteiger partial charge on any atom is -0.450 e. The maximum atomic E-state index is 8.87. The fourth-order valence-corrected chi connectivity index (χ4v) is 2.62. The van der Waals surface area contributed by atoms with Crippen molar-refractivity contribution in [3.63, 3.8) is 0 Å². The van der Waals surface area contributed by atoms with Crippen LogP contribution in [0, 0.1) is 0 Å². The lowest BCUT2D eigenvalue weighted by atomic mass is 9.88. The molecule has 2 aromatic heterocycles. The summed E-state index contributed by atoms with van der Waals surface area (Å²) >= 11 is 1.63. The van der Waals surface area contributed by atoms with Gasteiger partial charge in [-0.1, -0.05) is 41.5 Å². The summed E-state index contributed by atoms with van der Waals surface area (Å²) in [5.74, 6) is 0.802. The summed E-state index contributed by atoms with van der Waals surface area (Å²) in [7, 11) is 1.09. The van der Waals surface area contributed by atoms with Crippen LogP contribution in [-0.4, -0.2) is 32.4 Å². The highest BCUT2D eigenvalue weighted by Crippen LogP contribution is 2.24. The van der Waals surface area contributed by atoms with Gasteiger partial charge in [-0.25, -0.2) is 15.0 Å². The normalized spacial score (nSPS) is 10.8. The summed E-state index contributed by atoms with van der Waals surface area (Å²) in [6, 6.07) is 7.73. The van der Waals surface area contributed by atoms with Gasteiger partial charge in [-0.3, -0.25) is 0 Å². The molecule has 0 aliphatic rings. The van der Waals surface area contributed by atoms with Gasteiger partial charge < -0.3 is 10.0 Å². The number of aromatic amines is 1. The number of nitrogens with one attached hydrogen (secondary N) is 1. The van der Waals surface area contributed by atoms with E-state index in [1.165, 1.54) is 11.9 Å². The first-order valence-corrected chi connectivity index (χ1v) is 6.68. The lowest BCUT2D eigenvalue weighted by molar-refractivity contribution is 0.615. The smallest absolute Gasteiger partial charge is 0.326 e. The first-order valence-electron chi connectivity index (χ1n) is 5.70. The summed E-state index contributed by atoms with van der Waals surface area (Å²) in [5, 5.41) is 9.76. The molecule has 0 atom stereocenters. The Morgan fingerprint density at radius 2 is 2.00 bits per heavy atom. The minimum atomic E-state index is 0.683. The maximum Gasteiger partial charge on any atom is 0.326 e. The van der Waals surface area contributed by atoms with Gasteiger partial charge in [-0.15, -0.1) is 0 Å². The molecule has 93 valence electrons. The van der Waals surface area contributed by atoms with Crippen molar-refractivity contribution < 1.29 is 5.02 Å². The van der Waals surface area contributed by atoms with Crippen molar-refractivity contribution in [1.82, 2.24) is 19.9 Å². The third kappa shape index (κ3) is 2.62. The number of rotatable bonds is 4. The second-order valence-electron chi connectivity index (χ2n) is 3.94. The largest absolute Gasteiger partial charge is 0.450 e. The van der Waals surface area contributed by atoms with Crippen molar-refractivity contribution >= 4 is 35.9 Å². The van der Waals surface area contributed by atoms with E-state index in [2.05, 4.69) is 19.9 Å². The zero-order valence-corrected chi connectivity index (χ0v) is 10.8. The lowest BCUT2D eigenvalue weighted by Gasteiger charge is -2.02. The number of imidazole rings is 1. The molecule has 0 amide bonds. The Bertz CT molecular complexity index is 686. The molecule has 2 N–H and O–H groups in total. The molecule has 0 spiro atoms. The van der Waals surface area contributed by atoms with E-state index < -0.39 is 0 Å². The third-order valence-electron chi connectivity index (χ3n) is 2.69. The second kappa shape index (κ2) is 5.42. The number of fused-ring (bicyclic) bond motifs is 1. The first-order chi connectivity index (χ1) is 9.36. The zero-order chi connectivity index (χ0) is 13.1. The number of H-pyrrole nitrogens is 1. The van der Waals surface area contributed by atoms with Crippen LogP contribution in [0.4, 0.5) is 0 Å². The topological polar surface area (TPSA) is 74.7 Å². The van der Waals surface area contributed by atoms with Crippen LogP contribution in [0.1, 0.15) is 5.56 Å². The van der Waals surface area contributed by atoms with Gasteiger partial charge in [0, 0.05) is 5.75 Å². The maximum absolute atomic E-state index is 8.87. The first kappa shape index (κ1) is 12.2. The Morgan fingerprint density at radius 3 is 2.79 bits per heavy atom. The number of benzene rings is 1. The quantitative estimate of drug-likeness (QED) is 0.418. The van der Waals surface area contributed by atoms with Crippen molar-refractivity contribution in [3.05, 3.63) is 42.5 Å². The van der Waals surface area contributed by atoms with Crippen LogP contribution in [0.25, 0.3) is 11.2 Å². The Balaban J connectivity index is 1.76. The average Bonchev–Trinajstić information content (AvgIpc) is 2.94. The second-order valence-corrected chi connectivity index (χ2v) is 4.90. The number of hydrogen-bond donors (Lipinski definition) is 2. The monoisotopic (exact) mass is 269 g/mol. The zero-order valence-electron chi connectivity index (χ0n) is 9.95. The molecule has 3 rings (SSSR count). The van der Waals surface area contributed by atoms with Crippen LogP contribution in [0.5, 0.6) is 0 Å². The number of hydrogen-bond acceptors (Lipinski definition) is 5. The van der Waals surface area contributed by atoms with E-state index in [0.29, 0.717) is 5.65 Å².